The van der Waals surface area contributed by atoms with Gasteiger partial charge < -0.3 is 10.2 Å². The van der Waals surface area contributed by atoms with Gasteiger partial charge in [-0.05, 0) is 49.2 Å². The van der Waals surface area contributed by atoms with Gasteiger partial charge >= 0.3 is 0 Å². The molecule has 29 heavy (non-hydrogen) atoms. The third-order valence-electron chi connectivity index (χ3n) is 4.74. The number of halogens is 1. The Labute approximate surface area is 170 Å². The Balaban J connectivity index is 1.75. The van der Waals surface area contributed by atoms with Crippen LogP contribution >= 0.6 is 0 Å². The average Bonchev–Trinajstić information content (AvgIpc) is 3.30. The highest BCUT2D eigenvalue weighted by atomic mass is 19.1. The minimum Gasteiger partial charge on any atom is -0.341 e. The first-order chi connectivity index (χ1) is 14.3. The summed E-state index contributed by atoms with van der Waals surface area (Å²) in [5.74, 6) is 1.09. The summed E-state index contributed by atoms with van der Waals surface area (Å²) in [6, 6.07) is 26.2. The zero-order valence-electron chi connectivity index (χ0n) is 16.1. The third kappa shape index (κ3) is 5.08. The zero-order chi connectivity index (χ0) is 19.9. The van der Waals surface area contributed by atoms with Crippen LogP contribution in [-0.2, 0) is 0 Å². The molecule has 1 aliphatic rings. The topological polar surface area (TPSA) is 40.0 Å². The minimum absolute atomic E-state index is 0.272. The number of anilines is 1. The molecule has 4 rings (SSSR count). The lowest BCUT2D eigenvalue weighted by Gasteiger charge is -2.18. The standard InChI is InChI=1S/C24H23FN4/c25-20-13-15-22(16-14-20)27-24(29-17-7-8-18-29)28-23(19-9-3-1-4-10-19)26-21-11-5-2-6-12-21/h1-6,9-16H,7-8,17-18H2,(H,26,27,28). The quantitative estimate of drug-likeness (QED) is 0.479. The Morgan fingerprint density at radius 3 is 2.07 bits per heavy atom. The van der Waals surface area contributed by atoms with Gasteiger partial charge in [-0.25, -0.2) is 9.38 Å². The molecule has 3 aromatic carbocycles. The van der Waals surface area contributed by atoms with Crippen molar-refractivity contribution in [3.05, 3.63) is 96.3 Å². The van der Waals surface area contributed by atoms with E-state index in [4.69, 9.17) is 9.98 Å². The number of para-hydroxylation sites is 1. The molecule has 1 N–H and O–H groups in total. The Morgan fingerprint density at radius 1 is 0.793 bits per heavy atom. The van der Waals surface area contributed by atoms with E-state index in [1.54, 1.807) is 12.1 Å². The van der Waals surface area contributed by atoms with Crippen LogP contribution in [-0.4, -0.2) is 29.8 Å². The number of nitrogens with zero attached hydrogens (tertiary/aromatic N) is 3. The molecule has 0 unspecified atom stereocenters. The number of hydrogen-bond acceptors (Lipinski definition) is 1. The molecular formula is C24H23FN4. The first-order valence-corrected chi connectivity index (χ1v) is 9.83. The van der Waals surface area contributed by atoms with Gasteiger partial charge in [0, 0.05) is 24.3 Å². The van der Waals surface area contributed by atoms with Crippen LogP contribution in [0.5, 0.6) is 0 Å². The Bertz CT molecular complexity index is 976. The molecule has 0 bridgehead atoms. The number of guanidine groups is 1. The van der Waals surface area contributed by atoms with Crippen molar-refractivity contribution in [3.8, 4) is 0 Å². The highest BCUT2D eigenvalue weighted by molar-refractivity contribution is 6.13. The molecule has 0 radical (unpaired) electrons. The molecule has 5 heteroatoms. The van der Waals surface area contributed by atoms with Crippen molar-refractivity contribution in [1.29, 1.82) is 0 Å². The molecular weight excluding hydrogens is 363 g/mol. The number of amidine groups is 1. The van der Waals surface area contributed by atoms with E-state index in [1.807, 2.05) is 60.7 Å². The molecule has 0 amide bonds. The normalized spacial score (nSPS) is 14.9. The highest BCUT2D eigenvalue weighted by Gasteiger charge is 2.17. The molecule has 0 atom stereocenters. The van der Waals surface area contributed by atoms with Crippen LogP contribution in [0.3, 0.4) is 0 Å². The molecule has 3 aromatic rings. The van der Waals surface area contributed by atoms with Gasteiger partial charge in [-0.3, -0.25) is 0 Å². The van der Waals surface area contributed by atoms with E-state index >= 15 is 0 Å². The van der Waals surface area contributed by atoms with E-state index < -0.39 is 0 Å². The predicted octanol–water partition coefficient (Wildman–Crippen LogP) is 5.47. The van der Waals surface area contributed by atoms with E-state index in [-0.39, 0.29) is 5.82 Å². The van der Waals surface area contributed by atoms with Crippen molar-refractivity contribution in [3.63, 3.8) is 0 Å². The lowest BCUT2D eigenvalue weighted by atomic mass is 10.2. The zero-order valence-corrected chi connectivity index (χ0v) is 16.1. The predicted molar refractivity (Wildman–Crippen MR) is 117 cm³/mol. The Morgan fingerprint density at radius 2 is 1.41 bits per heavy atom. The fourth-order valence-corrected chi connectivity index (χ4v) is 3.23. The summed E-state index contributed by atoms with van der Waals surface area (Å²) in [6.45, 7) is 1.83. The van der Waals surface area contributed by atoms with E-state index in [9.17, 15) is 4.39 Å². The number of aliphatic imine (C=N–C) groups is 2. The van der Waals surface area contributed by atoms with Crippen LogP contribution in [0, 0.1) is 5.82 Å². The van der Waals surface area contributed by atoms with Gasteiger partial charge in [0.1, 0.15) is 11.7 Å². The van der Waals surface area contributed by atoms with Crippen molar-refractivity contribution in [1.82, 2.24) is 4.90 Å². The smallest absolute Gasteiger partial charge is 0.227 e. The number of hydrogen-bond donors (Lipinski definition) is 1. The molecule has 146 valence electrons. The second-order valence-corrected chi connectivity index (χ2v) is 6.90. The molecule has 1 fully saturated rings. The van der Waals surface area contributed by atoms with Crippen LogP contribution in [0.1, 0.15) is 18.4 Å². The summed E-state index contributed by atoms with van der Waals surface area (Å²) in [5, 5.41) is 3.43. The summed E-state index contributed by atoms with van der Waals surface area (Å²) in [6.07, 6.45) is 2.23. The van der Waals surface area contributed by atoms with Crippen LogP contribution in [0.15, 0.2) is 94.9 Å². The number of likely N-dealkylation sites (tertiary alicyclic amines) is 1. The van der Waals surface area contributed by atoms with Crippen LogP contribution in [0.4, 0.5) is 15.8 Å². The maximum atomic E-state index is 13.3. The first kappa shape index (κ1) is 18.9. The van der Waals surface area contributed by atoms with Gasteiger partial charge in [-0.1, -0.05) is 48.5 Å². The van der Waals surface area contributed by atoms with Crippen LogP contribution in [0.2, 0.25) is 0 Å². The molecule has 1 aliphatic heterocycles. The molecule has 0 spiro atoms. The second kappa shape index (κ2) is 9.15. The van der Waals surface area contributed by atoms with Gasteiger partial charge in [-0.2, -0.15) is 4.99 Å². The summed E-state index contributed by atoms with van der Waals surface area (Å²) in [7, 11) is 0. The monoisotopic (exact) mass is 386 g/mol. The molecule has 4 nitrogen and oxygen atoms in total. The van der Waals surface area contributed by atoms with Crippen LogP contribution < -0.4 is 5.32 Å². The lowest BCUT2D eigenvalue weighted by Crippen LogP contribution is -2.28. The third-order valence-corrected chi connectivity index (χ3v) is 4.74. The second-order valence-electron chi connectivity index (χ2n) is 6.90. The van der Waals surface area contributed by atoms with Gasteiger partial charge in [0.05, 0.1) is 5.69 Å². The minimum atomic E-state index is -0.272. The largest absolute Gasteiger partial charge is 0.341 e. The van der Waals surface area contributed by atoms with Gasteiger partial charge in [0.25, 0.3) is 0 Å². The van der Waals surface area contributed by atoms with Crippen molar-refractivity contribution in [2.45, 2.75) is 12.8 Å². The van der Waals surface area contributed by atoms with Gasteiger partial charge in [-0.15, -0.1) is 0 Å². The SMILES string of the molecule is Fc1ccc(N=C(/N=C(/Nc2ccccc2)c2ccccc2)N2CCCC2)cc1. The molecule has 0 aliphatic carbocycles. The van der Waals surface area contributed by atoms with E-state index in [0.29, 0.717) is 11.6 Å². The number of benzene rings is 3. The Hall–Kier alpha value is -3.47. The molecule has 0 aromatic heterocycles. The molecule has 1 heterocycles. The van der Waals surface area contributed by atoms with Crippen molar-refractivity contribution >= 4 is 23.2 Å². The number of nitrogens with one attached hydrogen (secondary N) is 1. The highest BCUT2D eigenvalue weighted by Crippen LogP contribution is 2.18. The van der Waals surface area contributed by atoms with Gasteiger partial charge in [0.2, 0.25) is 5.96 Å². The molecule has 0 saturated carbocycles. The van der Waals surface area contributed by atoms with E-state index in [1.165, 1.54) is 12.1 Å². The number of rotatable bonds is 3. The summed E-state index contributed by atoms with van der Waals surface area (Å²) >= 11 is 0. The summed E-state index contributed by atoms with van der Waals surface area (Å²) < 4.78 is 13.3. The summed E-state index contributed by atoms with van der Waals surface area (Å²) in [4.78, 5) is 11.8. The molecule has 1 saturated heterocycles. The van der Waals surface area contributed by atoms with Crippen LogP contribution in [0.25, 0.3) is 0 Å². The average molecular weight is 386 g/mol. The first-order valence-electron chi connectivity index (χ1n) is 9.83. The summed E-state index contributed by atoms with van der Waals surface area (Å²) in [5.41, 5.74) is 2.61. The fraction of sp³-hybridized carbons (Fsp3) is 0.167. The maximum absolute atomic E-state index is 13.3. The van der Waals surface area contributed by atoms with E-state index in [0.717, 1.165) is 43.0 Å². The maximum Gasteiger partial charge on any atom is 0.227 e. The van der Waals surface area contributed by atoms with Crippen molar-refractivity contribution in [2.24, 2.45) is 9.98 Å². The van der Waals surface area contributed by atoms with Gasteiger partial charge in [0.15, 0.2) is 0 Å². The van der Waals surface area contributed by atoms with E-state index in [2.05, 4.69) is 10.2 Å². The Kier molecular flexibility index (Phi) is 5.95. The van der Waals surface area contributed by atoms with Crippen molar-refractivity contribution in [2.75, 3.05) is 18.4 Å². The lowest BCUT2D eigenvalue weighted by molar-refractivity contribution is 0.514. The van der Waals surface area contributed by atoms with Crippen molar-refractivity contribution < 1.29 is 4.39 Å². The fourth-order valence-electron chi connectivity index (χ4n) is 3.23.